The van der Waals surface area contributed by atoms with Crippen molar-refractivity contribution in [3.63, 3.8) is 0 Å². The highest BCUT2D eigenvalue weighted by Crippen LogP contribution is 2.12. The van der Waals surface area contributed by atoms with Crippen molar-refractivity contribution >= 4 is 0 Å². The van der Waals surface area contributed by atoms with Crippen molar-refractivity contribution in [1.82, 2.24) is 5.32 Å². The Bertz CT molecular complexity index is 335. The van der Waals surface area contributed by atoms with Crippen molar-refractivity contribution in [2.45, 2.75) is 31.9 Å². The highest BCUT2D eigenvalue weighted by molar-refractivity contribution is 5.27. The predicted molar refractivity (Wildman–Crippen MR) is 69.9 cm³/mol. The van der Waals surface area contributed by atoms with E-state index in [1.54, 1.807) is 0 Å². The van der Waals surface area contributed by atoms with Crippen LogP contribution in [0.4, 0.5) is 0 Å². The summed E-state index contributed by atoms with van der Waals surface area (Å²) in [6.07, 6.45) is 3.77. The van der Waals surface area contributed by atoms with Gasteiger partial charge in [0.05, 0.1) is 6.10 Å². The molecule has 0 aromatic heterocycles. The van der Waals surface area contributed by atoms with Gasteiger partial charge in [0, 0.05) is 19.7 Å². The summed E-state index contributed by atoms with van der Waals surface area (Å²) in [5.41, 5.74) is 8.33. The van der Waals surface area contributed by atoms with Gasteiger partial charge in [0.2, 0.25) is 0 Å². The third-order valence-electron chi connectivity index (χ3n) is 3.24. The average Bonchev–Trinajstić information content (AvgIpc) is 2.85. The number of hydrogen-bond donors (Lipinski definition) is 2. The molecule has 1 saturated heterocycles. The predicted octanol–water partition coefficient (Wildman–Crippen LogP) is 1.46. The molecule has 0 aliphatic carbocycles. The van der Waals surface area contributed by atoms with Crippen LogP contribution in [0.15, 0.2) is 24.3 Å². The van der Waals surface area contributed by atoms with Crippen molar-refractivity contribution in [1.29, 1.82) is 0 Å². The molecule has 17 heavy (non-hydrogen) atoms. The Morgan fingerprint density at radius 2 is 2.12 bits per heavy atom. The van der Waals surface area contributed by atoms with Gasteiger partial charge in [-0.2, -0.15) is 0 Å². The van der Waals surface area contributed by atoms with Crippen LogP contribution >= 0.6 is 0 Å². The molecule has 1 fully saturated rings. The summed E-state index contributed by atoms with van der Waals surface area (Å²) < 4.78 is 5.59. The Kier molecular flexibility index (Phi) is 4.98. The van der Waals surface area contributed by atoms with Crippen molar-refractivity contribution in [3.05, 3.63) is 35.4 Å². The minimum atomic E-state index is 0.414. The van der Waals surface area contributed by atoms with Crippen LogP contribution in [0.3, 0.4) is 0 Å². The van der Waals surface area contributed by atoms with Crippen LogP contribution in [0.2, 0.25) is 0 Å². The van der Waals surface area contributed by atoms with Gasteiger partial charge in [0.25, 0.3) is 0 Å². The lowest BCUT2D eigenvalue weighted by atomic mass is 10.0. The SMILES string of the molecule is NCCc1ccccc1CNCC1CCCO1. The van der Waals surface area contributed by atoms with Gasteiger partial charge in [-0.15, -0.1) is 0 Å². The van der Waals surface area contributed by atoms with Crippen LogP contribution in [-0.2, 0) is 17.7 Å². The van der Waals surface area contributed by atoms with Gasteiger partial charge in [-0.25, -0.2) is 0 Å². The molecule has 1 unspecified atom stereocenters. The van der Waals surface area contributed by atoms with Crippen molar-refractivity contribution in [2.75, 3.05) is 19.7 Å². The molecule has 0 spiro atoms. The van der Waals surface area contributed by atoms with E-state index >= 15 is 0 Å². The van der Waals surface area contributed by atoms with Crippen molar-refractivity contribution in [3.8, 4) is 0 Å². The standard InChI is InChI=1S/C14H22N2O/c15-8-7-12-4-1-2-5-13(12)10-16-11-14-6-3-9-17-14/h1-2,4-5,14,16H,3,6-11,15H2. The Morgan fingerprint density at radius 3 is 2.82 bits per heavy atom. The normalized spacial score (nSPS) is 19.7. The first-order valence-corrected chi connectivity index (χ1v) is 6.49. The highest BCUT2D eigenvalue weighted by atomic mass is 16.5. The fourth-order valence-electron chi connectivity index (χ4n) is 2.30. The zero-order valence-electron chi connectivity index (χ0n) is 10.3. The molecule has 2 rings (SSSR count). The number of hydrogen-bond acceptors (Lipinski definition) is 3. The second-order valence-electron chi connectivity index (χ2n) is 4.57. The van der Waals surface area contributed by atoms with Gasteiger partial charge in [-0.1, -0.05) is 24.3 Å². The monoisotopic (exact) mass is 234 g/mol. The summed E-state index contributed by atoms with van der Waals surface area (Å²) in [7, 11) is 0. The van der Waals surface area contributed by atoms with E-state index in [0.717, 1.165) is 26.1 Å². The summed E-state index contributed by atoms with van der Waals surface area (Å²) in [5, 5.41) is 3.48. The van der Waals surface area contributed by atoms with E-state index in [4.69, 9.17) is 10.5 Å². The molecule has 1 aliphatic heterocycles. The van der Waals surface area contributed by atoms with E-state index in [9.17, 15) is 0 Å². The van der Waals surface area contributed by atoms with Crippen molar-refractivity contribution in [2.24, 2.45) is 5.73 Å². The summed E-state index contributed by atoms with van der Waals surface area (Å²) in [5.74, 6) is 0. The lowest BCUT2D eigenvalue weighted by Gasteiger charge is -2.13. The minimum Gasteiger partial charge on any atom is -0.377 e. The van der Waals surface area contributed by atoms with E-state index in [0.29, 0.717) is 12.6 Å². The molecular weight excluding hydrogens is 212 g/mol. The molecule has 1 atom stereocenters. The van der Waals surface area contributed by atoms with Gasteiger partial charge >= 0.3 is 0 Å². The fraction of sp³-hybridized carbons (Fsp3) is 0.571. The van der Waals surface area contributed by atoms with Crippen LogP contribution in [0.1, 0.15) is 24.0 Å². The molecule has 1 aromatic rings. The first kappa shape index (κ1) is 12.6. The van der Waals surface area contributed by atoms with Gasteiger partial charge in [-0.3, -0.25) is 0 Å². The molecule has 1 aromatic carbocycles. The molecule has 0 amide bonds. The van der Waals surface area contributed by atoms with Gasteiger partial charge in [0.1, 0.15) is 0 Å². The quantitative estimate of drug-likeness (QED) is 0.783. The molecule has 94 valence electrons. The number of rotatable bonds is 6. The second-order valence-corrected chi connectivity index (χ2v) is 4.57. The van der Waals surface area contributed by atoms with Crippen LogP contribution in [0.25, 0.3) is 0 Å². The third-order valence-corrected chi connectivity index (χ3v) is 3.24. The second kappa shape index (κ2) is 6.74. The summed E-state index contributed by atoms with van der Waals surface area (Å²) in [6.45, 7) is 3.51. The van der Waals surface area contributed by atoms with E-state index < -0.39 is 0 Å². The molecule has 0 bridgehead atoms. The lowest BCUT2D eigenvalue weighted by molar-refractivity contribution is 0.110. The molecule has 3 N–H and O–H groups in total. The van der Waals surface area contributed by atoms with E-state index in [1.807, 2.05) is 0 Å². The molecule has 1 heterocycles. The Morgan fingerprint density at radius 1 is 1.29 bits per heavy atom. The smallest absolute Gasteiger partial charge is 0.0700 e. The van der Waals surface area contributed by atoms with Gasteiger partial charge in [-0.05, 0) is 36.9 Å². The largest absolute Gasteiger partial charge is 0.377 e. The molecule has 1 aliphatic rings. The van der Waals surface area contributed by atoms with E-state index in [2.05, 4.69) is 29.6 Å². The highest BCUT2D eigenvalue weighted by Gasteiger charge is 2.14. The molecule has 3 heteroatoms. The average molecular weight is 234 g/mol. The Balaban J connectivity index is 1.80. The third kappa shape index (κ3) is 3.80. The van der Waals surface area contributed by atoms with Crippen molar-refractivity contribution < 1.29 is 4.74 Å². The van der Waals surface area contributed by atoms with Crippen LogP contribution in [0, 0.1) is 0 Å². The Labute approximate surface area is 103 Å². The van der Waals surface area contributed by atoms with E-state index in [1.165, 1.54) is 24.0 Å². The molecule has 0 saturated carbocycles. The summed E-state index contributed by atoms with van der Waals surface area (Å²) in [6, 6.07) is 8.50. The fourth-order valence-corrected chi connectivity index (χ4v) is 2.30. The number of ether oxygens (including phenoxy) is 1. The minimum absolute atomic E-state index is 0.414. The summed E-state index contributed by atoms with van der Waals surface area (Å²) >= 11 is 0. The first-order chi connectivity index (χ1) is 8.40. The molecule has 0 radical (unpaired) electrons. The zero-order valence-corrected chi connectivity index (χ0v) is 10.3. The van der Waals surface area contributed by atoms with Crippen LogP contribution < -0.4 is 11.1 Å². The van der Waals surface area contributed by atoms with Gasteiger partial charge < -0.3 is 15.8 Å². The molecule has 3 nitrogen and oxygen atoms in total. The van der Waals surface area contributed by atoms with E-state index in [-0.39, 0.29) is 0 Å². The van der Waals surface area contributed by atoms with Crippen LogP contribution in [0.5, 0.6) is 0 Å². The summed E-state index contributed by atoms with van der Waals surface area (Å²) in [4.78, 5) is 0. The molecular formula is C14H22N2O. The number of nitrogens with two attached hydrogens (primary N) is 1. The number of benzene rings is 1. The van der Waals surface area contributed by atoms with Crippen LogP contribution in [-0.4, -0.2) is 25.8 Å². The maximum atomic E-state index is 5.62. The maximum absolute atomic E-state index is 5.62. The Hall–Kier alpha value is -0.900. The zero-order chi connectivity index (χ0) is 11.9. The lowest BCUT2D eigenvalue weighted by Crippen LogP contribution is -2.26. The first-order valence-electron chi connectivity index (χ1n) is 6.49. The topological polar surface area (TPSA) is 47.3 Å². The maximum Gasteiger partial charge on any atom is 0.0700 e. The van der Waals surface area contributed by atoms with Gasteiger partial charge in [0.15, 0.2) is 0 Å². The number of nitrogens with one attached hydrogen (secondary N) is 1.